The van der Waals surface area contributed by atoms with Crippen molar-refractivity contribution in [3.63, 3.8) is 0 Å². The van der Waals surface area contributed by atoms with Crippen LogP contribution in [0.5, 0.6) is 11.5 Å². The van der Waals surface area contributed by atoms with Gasteiger partial charge in [0.1, 0.15) is 11.5 Å². The van der Waals surface area contributed by atoms with Crippen LogP contribution in [0.3, 0.4) is 0 Å². The van der Waals surface area contributed by atoms with Crippen molar-refractivity contribution in [2.24, 2.45) is 0 Å². The zero-order valence-corrected chi connectivity index (χ0v) is 12.6. The second kappa shape index (κ2) is 7.53. The minimum absolute atomic E-state index is 0.167. The van der Waals surface area contributed by atoms with Gasteiger partial charge in [0.15, 0.2) is 0 Å². The number of carboxylic acid groups (broad SMARTS) is 1. The summed E-state index contributed by atoms with van der Waals surface area (Å²) in [7, 11) is 3.22. The van der Waals surface area contributed by atoms with Crippen molar-refractivity contribution in [3.8, 4) is 11.5 Å². The molecule has 0 spiro atoms. The van der Waals surface area contributed by atoms with E-state index in [4.69, 9.17) is 14.6 Å². The van der Waals surface area contributed by atoms with Crippen LogP contribution < -0.4 is 9.47 Å². The van der Waals surface area contributed by atoms with Crippen molar-refractivity contribution < 1.29 is 19.4 Å². The van der Waals surface area contributed by atoms with Crippen molar-refractivity contribution >= 4 is 33.7 Å². The molecule has 1 aromatic rings. The summed E-state index contributed by atoms with van der Waals surface area (Å²) in [6, 6.07) is 3.75. The Kier molecular flexibility index (Phi) is 6.35. The summed E-state index contributed by atoms with van der Waals surface area (Å²) in [6.07, 6.45) is 0.167. The average Bonchev–Trinajstić information content (AvgIpc) is 2.35. The van der Waals surface area contributed by atoms with E-state index in [0.717, 1.165) is 21.5 Å². The van der Waals surface area contributed by atoms with Gasteiger partial charge in [-0.15, -0.1) is 0 Å². The van der Waals surface area contributed by atoms with Crippen LogP contribution >= 0.6 is 27.7 Å². The SMILES string of the molecule is COc1cc(CSCCC(=O)O)c(OC)cc1Br. The summed E-state index contributed by atoms with van der Waals surface area (Å²) in [4.78, 5) is 10.4. The Hall–Kier alpha value is -0.880. The summed E-state index contributed by atoms with van der Waals surface area (Å²) >= 11 is 4.95. The standard InChI is InChI=1S/C12H15BrO4S/c1-16-10-6-9(13)11(17-2)5-8(10)7-18-4-3-12(14)15/h5-6H,3-4,7H2,1-2H3,(H,14,15). The number of benzene rings is 1. The van der Waals surface area contributed by atoms with Crippen LogP contribution in [-0.2, 0) is 10.5 Å². The monoisotopic (exact) mass is 334 g/mol. The van der Waals surface area contributed by atoms with Crippen molar-refractivity contribution in [1.82, 2.24) is 0 Å². The number of hydrogen-bond acceptors (Lipinski definition) is 4. The Morgan fingerprint density at radius 3 is 2.56 bits per heavy atom. The normalized spacial score (nSPS) is 10.2. The smallest absolute Gasteiger partial charge is 0.304 e. The molecule has 0 amide bonds. The van der Waals surface area contributed by atoms with Gasteiger partial charge in [0.2, 0.25) is 0 Å². The molecule has 0 atom stereocenters. The number of aliphatic carboxylic acids is 1. The van der Waals surface area contributed by atoms with Crippen molar-refractivity contribution in [2.45, 2.75) is 12.2 Å². The number of carboxylic acids is 1. The lowest BCUT2D eigenvalue weighted by atomic mass is 10.2. The third-order valence-corrected chi connectivity index (χ3v) is 3.90. The first-order chi connectivity index (χ1) is 8.58. The molecule has 1 N–H and O–H groups in total. The van der Waals surface area contributed by atoms with Crippen molar-refractivity contribution in [3.05, 3.63) is 22.2 Å². The molecular formula is C12H15BrO4S. The van der Waals surface area contributed by atoms with E-state index in [-0.39, 0.29) is 6.42 Å². The Balaban J connectivity index is 2.70. The topological polar surface area (TPSA) is 55.8 Å². The first-order valence-corrected chi connectivity index (χ1v) is 7.23. The second-order valence-corrected chi connectivity index (χ2v) is 5.45. The predicted molar refractivity (Wildman–Crippen MR) is 75.7 cm³/mol. The van der Waals surface area contributed by atoms with E-state index in [1.54, 1.807) is 26.0 Å². The number of ether oxygens (including phenoxy) is 2. The van der Waals surface area contributed by atoms with Crippen LogP contribution in [0.2, 0.25) is 0 Å². The minimum Gasteiger partial charge on any atom is -0.496 e. The van der Waals surface area contributed by atoms with Crippen LogP contribution in [0.25, 0.3) is 0 Å². The molecule has 4 nitrogen and oxygen atoms in total. The number of thioether (sulfide) groups is 1. The first kappa shape index (κ1) is 15.2. The Labute approximate surface area is 119 Å². The van der Waals surface area contributed by atoms with Crippen LogP contribution in [0.15, 0.2) is 16.6 Å². The lowest BCUT2D eigenvalue weighted by molar-refractivity contribution is -0.136. The summed E-state index contributed by atoms with van der Waals surface area (Å²) in [5, 5.41) is 8.57. The molecule has 0 heterocycles. The molecule has 18 heavy (non-hydrogen) atoms. The van der Waals surface area contributed by atoms with E-state index in [2.05, 4.69) is 15.9 Å². The Bertz CT molecular complexity index is 423. The first-order valence-electron chi connectivity index (χ1n) is 5.28. The van der Waals surface area contributed by atoms with Gasteiger partial charge >= 0.3 is 5.97 Å². The molecule has 0 saturated heterocycles. The molecule has 6 heteroatoms. The van der Waals surface area contributed by atoms with Gasteiger partial charge < -0.3 is 14.6 Å². The number of rotatable bonds is 7. The van der Waals surface area contributed by atoms with Gasteiger partial charge in [-0.25, -0.2) is 0 Å². The van der Waals surface area contributed by atoms with Crippen LogP contribution in [0.4, 0.5) is 0 Å². The lowest BCUT2D eigenvalue weighted by Gasteiger charge is -2.11. The summed E-state index contributed by atoms with van der Waals surface area (Å²) in [6.45, 7) is 0. The van der Waals surface area contributed by atoms with Crippen molar-refractivity contribution in [2.75, 3.05) is 20.0 Å². The van der Waals surface area contributed by atoms with E-state index in [1.807, 2.05) is 12.1 Å². The largest absolute Gasteiger partial charge is 0.496 e. The van der Waals surface area contributed by atoms with Gasteiger partial charge in [-0.3, -0.25) is 4.79 Å². The van der Waals surface area contributed by atoms with Gasteiger partial charge in [-0.1, -0.05) is 0 Å². The highest BCUT2D eigenvalue weighted by molar-refractivity contribution is 9.10. The van der Waals surface area contributed by atoms with Gasteiger partial charge in [-0.05, 0) is 28.1 Å². The second-order valence-electron chi connectivity index (χ2n) is 3.49. The summed E-state index contributed by atoms with van der Waals surface area (Å²) < 4.78 is 11.3. The molecule has 0 saturated carbocycles. The Morgan fingerprint density at radius 1 is 1.33 bits per heavy atom. The van der Waals surface area contributed by atoms with Gasteiger partial charge in [-0.2, -0.15) is 11.8 Å². The van der Waals surface area contributed by atoms with Crippen LogP contribution in [-0.4, -0.2) is 31.0 Å². The quantitative estimate of drug-likeness (QED) is 0.776. The molecule has 1 rings (SSSR count). The van der Waals surface area contributed by atoms with Crippen molar-refractivity contribution in [1.29, 1.82) is 0 Å². The van der Waals surface area contributed by atoms with E-state index in [9.17, 15) is 4.79 Å². The molecule has 1 aromatic carbocycles. The predicted octanol–water partition coefficient (Wildman–Crippen LogP) is 3.17. The number of halogens is 1. The number of methoxy groups -OCH3 is 2. The fourth-order valence-electron chi connectivity index (χ4n) is 1.38. The van der Waals surface area contributed by atoms with Gasteiger partial charge in [0, 0.05) is 17.1 Å². The number of hydrogen-bond donors (Lipinski definition) is 1. The highest BCUT2D eigenvalue weighted by Gasteiger charge is 2.09. The maximum atomic E-state index is 10.4. The zero-order valence-electron chi connectivity index (χ0n) is 10.2. The Morgan fingerprint density at radius 2 is 2.00 bits per heavy atom. The fraction of sp³-hybridized carbons (Fsp3) is 0.417. The molecule has 0 bridgehead atoms. The molecule has 0 aliphatic carbocycles. The summed E-state index contributed by atoms with van der Waals surface area (Å²) in [5.41, 5.74) is 0.993. The molecule has 0 unspecified atom stereocenters. The van der Waals surface area contributed by atoms with Gasteiger partial charge in [0.05, 0.1) is 25.1 Å². The zero-order chi connectivity index (χ0) is 13.5. The van der Waals surface area contributed by atoms with Gasteiger partial charge in [0.25, 0.3) is 0 Å². The maximum absolute atomic E-state index is 10.4. The van der Waals surface area contributed by atoms with E-state index >= 15 is 0 Å². The molecule has 0 fully saturated rings. The van der Waals surface area contributed by atoms with E-state index < -0.39 is 5.97 Å². The molecule has 0 aliphatic rings. The summed E-state index contributed by atoms with van der Waals surface area (Å²) in [5.74, 6) is 2.01. The average molecular weight is 335 g/mol. The molecule has 100 valence electrons. The third kappa shape index (κ3) is 4.42. The molecule has 0 radical (unpaired) electrons. The van der Waals surface area contributed by atoms with E-state index in [1.165, 1.54) is 0 Å². The third-order valence-electron chi connectivity index (χ3n) is 2.27. The van der Waals surface area contributed by atoms with E-state index in [0.29, 0.717) is 11.5 Å². The van der Waals surface area contributed by atoms with Crippen LogP contribution in [0.1, 0.15) is 12.0 Å². The minimum atomic E-state index is -0.775. The maximum Gasteiger partial charge on any atom is 0.304 e. The highest BCUT2D eigenvalue weighted by Crippen LogP contribution is 2.34. The molecule has 0 aromatic heterocycles. The lowest BCUT2D eigenvalue weighted by Crippen LogP contribution is -1.97. The molecular weight excluding hydrogens is 320 g/mol. The molecule has 0 aliphatic heterocycles. The number of carbonyl (C=O) groups is 1. The highest BCUT2D eigenvalue weighted by atomic mass is 79.9. The van der Waals surface area contributed by atoms with Crippen LogP contribution in [0, 0.1) is 0 Å². The fourth-order valence-corrected chi connectivity index (χ4v) is 2.77.